The minimum Gasteiger partial charge on any atom is -0.461 e. The zero-order valence-corrected chi connectivity index (χ0v) is 11.3. The van der Waals surface area contributed by atoms with Crippen LogP contribution in [-0.2, 0) is 19.1 Å². The normalized spacial score (nSPS) is 11.2. The van der Waals surface area contributed by atoms with Gasteiger partial charge in [0.2, 0.25) is 0 Å². The van der Waals surface area contributed by atoms with Gasteiger partial charge in [-0.2, -0.15) is 0 Å². The molecule has 0 aliphatic carbocycles. The van der Waals surface area contributed by atoms with Gasteiger partial charge in [-0.1, -0.05) is 55.6 Å². The van der Waals surface area contributed by atoms with E-state index in [-0.39, 0.29) is 19.6 Å². The first-order chi connectivity index (χ1) is 9.69. The fourth-order valence-electron chi connectivity index (χ4n) is 1.64. The second-order valence-electron chi connectivity index (χ2n) is 4.06. The summed E-state index contributed by atoms with van der Waals surface area (Å²) < 4.78 is 9.94. The van der Waals surface area contributed by atoms with Gasteiger partial charge >= 0.3 is 11.9 Å². The van der Waals surface area contributed by atoms with Crippen LogP contribution in [0, 0.1) is 0 Å². The van der Waals surface area contributed by atoms with E-state index in [1.54, 1.807) is 24.3 Å². The van der Waals surface area contributed by atoms with Crippen molar-refractivity contribution in [2.45, 2.75) is 12.3 Å². The molecule has 0 saturated carbocycles. The van der Waals surface area contributed by atoms with Crippen molar-refractivity contribution >= 4 is 11.9 Å². The van der Waals surface area contributed by atoms with E-state index in [4.69, 9.17) is 9.47 Å². The quantitative estimate of drug-likeness (QED) is 0.540. The van der Waals surface area contributed by atoms with Crippen LogP contribution in [0.2, 0.25) is 0 Å². The van der Waals surface area contributed by atoms with Crippen molar-refractivity contribution in [2.75, 3.05) is 13.2 Å². The van der Waals surface area contributed by atoms with E-state index >= 15 is 0 Å². The van der Waals surface area contributed by atoms with Gasteiger partial charge in [-0.15, -0.1) is 0 Å². The maximum atomic E-state index is 12.0. The average Bonchev–Trinajstić information content (AvgIpc) is 2.49. The van der Waals surface area contributed by atoms with Crippen molar-refractivity contribution < 1.29 is 19.1 Å². The molecule has 4 heteroatoms. The molecular weight excluding hydrogens is 256 g/mol. The molecule has 1 unspecified atom stereocenters. The Morgan fingerprint density at radius 3 is 2.25 bits per heavy atom. The standard InChI is InChI=1S/C16H18O4/c1-3-10-19-15(17)12-14(16(18)20-11-4-2)13-8-6-5-7-9-13/h3-9,14H,1-2,10-12H2. The Bertz CT molecular complexity index is 465. The molecule has 20 heavy (non-hydrogen) atoms. The molecule has 0 aliphatic rings. The Kier molecular flexibility index (Phi) is 6.82. The molecule has 1 rings (SSSR count). The van der Waals surface area contributed by atoms with E-state index in [9.17, 15) is 9.59 Å². The molecule has 0 radical (unpaired) electrons. The zero-order valence-electron chi connectivity index (χ0n) is 11.3. The monoisotopic (exact) mass is 274 g/mol. The van der Waals surface area contributed by atoms with Crippen LogP contribution in [0.5, 0.6) is 0 Å². The first kappa shape index (κ1) is 15.7. The van der Waals surface area contributed by atoms with E-state index in [0.29, 0.717) is 0 Å². The summed E-state index contributed by atoms with van der Waals surface area (Å²) >= 11 is 0. The molecule has 106 valence electrons. The second-order valence-corrected chi connectivity index (χ2v) is 4.06. The Balaban J connectivity index is 2.79. The summed E-state index contributed by atoms with van der Waals surface area (Å²) in [6, 6.07) is 9.00. The third-order valence-electron chi connectivity index (χ3n) is 2.56. The third kappa shape index (κ3) is 5.10. The van der Waals surface area contributed by atoms with Gasteiger partial charge in [0, 0.05) is 0 Å². The SMILES string of the molecule is C=CCOC(=O)CC(C(=O)OCC=C)c1ccccc1. The Morgan fingerprint density at radius 2 is 1.65 bits per heavy atom. The highest BCUT2D eigenvalue weighted by atomic mass is 16.5. The highest BCUT2D eigenvalue weighted by Crippen LogP contribution is 2.22. The molecule has 0 aromatic heterocycles. The topological polar surface area (TPSA) is 52.6 Å². The van der Waals surface area contributed by atoms with Gasteiger partial charge in [0.15, 0.2) is 0 Å². The van der Waals surface area contributed by atoms with Gasteiger partial charge in [0.05, 0.1) is 12.3 Å². The van der Waals surface area contributed by atoms with Crippen molar-refractivity contribution in [3.63, 3.8) is 0 Å². The van der Waals surface area contributed by atoms with Crippen molar-refractivity contribution in [3.8, 4) is 0 Å². The van der Waals surface area contributed by atoms with Crippen LogP contribution in [0.25, 0.3) is 0 Å². The van der Waals surface area contributed by atoms with E-state index in [1.807, 2.05) is 6.07 Å². The Labute approximate surface area is 118 Å². The molecule has 0 amide bonds. The van der Waals surface area contributed by atoms with Crippen molar-refractivity contribution in [3.05, 3.63) is 61.2 Å². The molecule has 0 heterocycles. The van der Waals surface area contributed by atoms with Crippen LogP contribution < -0.4 is 0 Å². The summed E-state index contributed by atoms with van der Waals surface area (Å²) in [5.41, 5.74) is 0.720. The van der Waals surface area contributed by atoms with Crippen molar-refractivity contribution in [2.24, 2.45) is 0 Å². The van der Waals surface area contributed by atoms with Gasteiger partial charge in [-0.25, -0.2) is 0 Å². The van der Waals surface area contributed by atoms with Gasteiger partial charge in [-0.05, 0) is 5.56 Å². The fourth-order valence-corrected chi connectivity index (χ4v) is 1.64. The minimum atomic E-state index is -0.673. The van der Waals surface area contributed by atoms with Crippen LogP contribution in [0.3, 0.4) is 0 Å². The van der Waals surface area contributed by atoms with Crippen LogP contribution in [-0.4, -0.2) is 25.2 Å². The largest absolute Gasteiger partial charge is 0.461 e. The van der Waals surface area contributed by atoms with Gasteiger partial charge in [0.1, 0.15) is 13.2 Å². The van der Waals surface area contributed by atoms with Crippen molar-refractivity contribution in [1.29, 1.82) is 0 Å². The molecule has 0 N–H and O–H groups in total. The first-order valence-electron chi connectivity index (χ1n) is 6.28. The van der Waals surface area contributed by atoms with E-state index in [1.165, 1.54) is 12.2 Å². The number of benzene rings is 1. The fraction of sp³-hybridized carbons (Fsp3) is 0.250. The maximum absolute atomic E-state index is 12.0. The third-order valence-corrected chi connectivity index (χ3v) is 2.56. The smallest absolute Gasteiger partial charge is 0.314 e. The summed E-state index contributed by atoms with van der Waals surface area (Å²) in [6.07, 6.45) is 2.90. The Morgan fingerprint density at radius 1 is 1.05 bits per heavy atom. The number of hydrogen-bond donors (Lipinski definition) is 0. The molecule has 0 bridgehead atoms. The second kappa shape index (κ2) is 8.69. The maximum Gasteiger partial charge on any atom is 0.314 e. The lowest BCUT2D eigenvalue weighted by molar-refractivity contribution is -0.150. The number of carbonyl (C=O) groups excluding carboxylic acids is 2. The molecular formula is C16H18O4. The number of carbonyl (C=O) groups is 2. The van der Waals surface area contributed by atoms with E-state index < -0.39 is 17.9 Å². The van der Waals surface area contributed by atoms with Gasteiger partial charge < -0.3 is 9.47 Å². The van der Waals surface area contributed by atoms with Crippen LogP contribution in [0.4, 0.5) is 0 Å². The minimum absolute atomic E-state index is 0.0617. The molecule has 4 nitrogen and oxygen atoms in total. The molecule has 1 atom stereocenters. The average molecular weight is 274 g/mol. The molecule has 0 aliphatic heterocycles. The van der Waals surface area contributed by atoms with E-state index in [2.05, 4.69) is 13.2 Å². The first-order valence-corrected chi connectivity index (χ1v) is 6.28. The number of esters is 2. The van der Waals surface area contributed by atoms with Crippen LogP contribution in [0.15, 0.2) is 55.6 Å². The van der Waals surface area contributed by atoms with Gasteiger partial charge in [-0.3, -0.25) is 9.59 Å². The molecule has 1 aromatic carbocycles. The van der Waals surface area contributed by atoms with Crippen molar-refractivity contribution in [1.82, 2.24) is 0 Å². The van der Waals surface area contributed by atoms with Gasteiger partial charge in [0.25, 0.3) is 0 Å². The summed E-state index contributed by atoms with van der Waals surface area (Å²) in [4.78, 5) is 23.7. The Hall–Kier alpha value is -2.36. The molecule has 1 aromatic rings. The summed E-state index contributed by atoms with van der Waals surface area (Å²) in [5.74, 6) is -1.60. The number of hydrogen-bond acceptors (Lipinski definition) is 4. The highest BCUT2D eigenvalue weighted by Gasteiger charge is 2.25. The lowest BCUT2D eigenvalue weighted by Crippen LogP contribution is -2.20. The molecule has 0 saturated heterocycles. The highest BCUT2D eigenvalue weighted by molar-refractivity contribution is 5.84. The van der Waals surface area contributed by atoms with E-state index in [0.717, 1.165) is 5.56 Å². The lowest BCUT2D eigenvalue weighted by atomic mass is 9.96. The zero-order chi connectivity index (χ0) is 14.8. The lowest BCUT2D eigenvalue weighted by Gasteiger charge is -2.15. The predicted molar refractivity (Wildman–Crippen MR) is 76.1 cm³/mol. The van der Waals surface area contributed by atoms with Crippen LogP contribution >= 0.6 is 0 Å². The summed E-state index contributed by atoms with van der Waals surface area (Å²) in [6.45, 7) is 7.19. The summed E-state index contributed by atoms with van der Waals surface area (Å²) in [5, 5.41) is 0. The summed E-state index contributed by atoms with van der Waals surface area (Å²) in [7, 11) is 0. The van der Waals surface area contributed by atoms with Crippen LogP contribution in [0.1, 0.15) is 17.9 Å². The predicted octanol–water partition coefficient (Wildman–Crippen LogP) is 2.62. The number of rotatable bonds is 8. The molecule has 0 spiro atoms. The molecule has 0 fully saturated rings. The number of ether oxygens (including phenoxy) is 2.